The number of rotatable bonds is 4. The van der Waals surface area contributed by atoms with Crippen molar-refractivity contribution in [2.75, 3.05) is 4.90 Å². The third-order valence-electron chi connectivity index (χ3n) is 7.89. The van der Waals surface area contributed by atoms with Crippen molar-refractivity contribution >= 4 is 17.5 Å². The minimum absolute atomic E-state index is 0.0829. The van der Waals surface area contributed by atoms with Crippen LogP contribution in [0, 0.1) is 30.1 Å². The highest BCUT2D eigenvalue weighted by Gasteiger charge is 2.54. The van der Waals surface area contributed by atoms with Gasteiger partial charge in [0.1, 0.15) is 0 Å². The van der Waals surface area contributed by atoms with Crippen LogP contribution in [-0.2, 0) is 9.59 Å². The Morgan fingerprint density at radius 3 is 2.11 bits per heavy atom. The summed E-state index contributed by atoms with van der Waals surface area (Å²) in [5.41, 5.74) is 2.17. The van der Waals surface area contributed by atoms with E-state index in [1.54, 1.807) is 0 Å². The molecule has 1 aromatic carbocycles. The zero-order valence-electron chi connectivity index (χ0n) is 16.4. The number of carbonyl (C=O) groups excluding carboxylic acids is 2. The number of benzene rings is 1. The highest BCUT2D eigenvalue weighted by Crippen LogP contribution is 2.61. The predicted molar refractivity (Wildman–Crippen MR) is 105 cm³/mol. The Bertz CT molecular complexity index is 734. The number of anilines is 1. The number of hydrogen-bond donors (Lipinski definition) is 1. The average Bonchev–Trinajstić information content (AvgIpc) is 2.88. The number of nitrogens with zero attached hydrogens (tertiary/aromatic N) is 1. The van der Waals surface area contributed by atoms with Gasteiger partial charge in [0.05, 0.1) is 18.2 Å². The molecule has 6 rings (SSSR count). The molecule has 1 heterocycles. The Morgan fingerprint density at radius 2 is 1.56 bits per heavy atom. The second-order valence-electron chi connectivity index (χ2n) is 9.83. The molecule has 4 heteroatoms. The molecule has 1 saturated heterocycles. The molecular formula is C23H30N2O2. The van der Waals surface area contributed by atoms with Crippen LogP contribution in [0.5, 0.6) is 0 Å². The molecule has 2 unspecified atom stereocenters. The summed E-state index contributed by atoms with van der Waals surface area (Å²) in [6.45, 7) is 4.27. The van der Waals surface area contributed by atoms with Crippen LogP contribution >= 0.6 is 0 Å². The zero-order valence-corrected chi connectivity index (χ0v) is 16.4. The highest BCUT2D eigenvalue weighted by molar-refractivity contribution is 6.22. The van der Waals surface area contributed by atoms with Gasteiger partial charge in [0.2, 0.25) is 5.91 Å². The van der Waals surface area contributed by atoms with Crippen LogP contribution in [0.3, 0.4) is 0 Å². The van der Waals surface area contributed by atoms with Gasteiger partial charge in [-0.2, -0.15) is 0 Å². The van der Waals surface area contributed by atoms with E-state index in [4.69, 9.17) is 0 Å². The van der Waals surface area contributed by atoms with Crippen LogP contribution in [0.2, 0.25) is 0 Å². The number of hydrogen-bond acceptors (Lipinski definition) is 3. The Balaban J connectivity index is 1.32. The lowest BCUT2D eigenvalue weighted by Gasteiger charge is -2.59. The second kappa shape index (κ2) is 6.16. The van der Waals surface area contributed by atoms with Gasteiger partial charge in [-0.05, 0) is 87.7 Å². The lowest BCUT2D eigenvalue weighted by molar-refractivity contribution is -0.122. The first-order valence-electron chi connectivity index (χ1n) is 10.6. The van der Waals surface area contributed by atoms with Gasteiger partial charge in [-0.25, -0.2) is 4.90 Å². The molecule has 4 saturated carbocycles. The van der Waals surface area contributed by atoms with Gasteiger partial charge in [0.15, 0.2) is 0 Å². The van der Waals surface area contributed by atoms with Gasteiger partial charge in [0.25, 0.3) is 5.91 Å². The molecular weight excluding hydrogens is 336 g/mol. The smallest absolute Gasteiger partial charge is 0.251 e. The van der Waals surface area contributed by atoms with Crippen molar-refractivity contribution in [1.29, 1.82) is 0 Å². The summed E-state index contributed by atoms with van der Waals surface area (Å²) in [5, 5.41) is 3.62. The van der Waals surface area contributed by atoms with Crippen LogP contribution < -0.4 is 10.2 Å². The van der Waals surface area contributed by atoms with E-state index in [1.807, 2.05) is 31.2 Å². The summed E-state index contributed by atoms with van der Waals surface area (Å²) < 4.78 is 0. The summed E-state index contributed by atoms with van der Waals surface area (Å²) in [5.74, 6) is 2.51. The highest BCUT2D eigenvalue weighted by atomic mass is 16.2. The molecule has 4 bridgehead atoms. The van der Waals surface area contributed by atoms with Crippen molar-refractivity contribution in [3.05, 3.63) is 29.8 Å². The molecule has 4 aliphatic carbocycles. The van der Waals surface area contributed by atoms with Gasteiger partial charge in [-0.3, -0.25) is 9.59 Å². The maximum absolute atomic E-state index is 13.0. The zero-order chi connectivity index (χ0) is 18.8. The van der Waals surface area contributed by atoms with Gasteiger partial charge in [-0.1, -0.05) is 17.7 Å². The van der Waals surface area contributed by atoms with E-state index in [0.717, 1.165) is 23.3 Å². The first-order valence-corrected chi connectivity index (χ1v) is 10.6. The minimum Gasteiger partial charge on any atom is -0.302 e. The van der Waals surface area contributed by atoms with E-state index in [9.17, 15) is 9.59 Å². The fraction of sp³-hybridized carbons (Fsp3) is 0.652. The number of carbonyl (C=O) groups is 2. The number of aryl methyl sites for hydroxylation is 1. The van der Waals surface area contributed by atoms with Crippen molar-refractivity contribution in [2.24, 2.45) is 23.2 Å². The maximum atomic E-state index is 13.0. The third-order valence-corrected chi connectivity index (χ3v) is 7.89. The Morgan fingerprint density at radius 1 is 1.00 bits per heavy atom. The van der Waals surface area contributed by atoms with Gasteiger partial charge < -0.3 is 5.32 Å². The molecule has 2 atom stereocenters. The summed E-state index contributed by atoms with van der Waals surface area (Å²) >= 11 is 0. The van der Waals surface area contributed by atoms with E-state index in [1.165, 1.54) is 43.4 Å². The molecule has 0 spiro atoms. The summed E-state index contributed by atoms with van der Waals surface area (Å²) in [6, 6.07) is 7.57. The van der Waals surface area contributed by atoms with Crippen molar-refractivity contribution in [3.8, 4) is 0 Å². The molecule has 1 aromatic rings. The molecule has 5 fully saturated rings. The van der Waals surface area contributed by atoms with Crippen molar-refractivity contribution in [2.45, 2.75) is 70.9 Å². The number of amides is 2. The maximum Gasteiger partial charge on any atom is 0.251 e. The third kappa shape index (κ3) is 2.84. The van der Waals surface area contributed by atoms with Crippen molar-refractivity contribution in [3.63, 3.8) is 0 Å². The first kappa shape index (κ1) is 17.4. The molecule has 1 N–H and O–H groups in total. The molecule has 5 aliphatic rings. The number of imide groups is 1. The Hall–Kier alpha value is -1.68. The Labute approximate surface area is 161 Å². The largest absolute Gasteiger partial charge is 0.302 e. The second-order valence-corrected chi connectivity index (χ2v) is 9.83. The number of nitrogens with one attached hydrogen (secondary N) is 1. The van der Waals surface area contributed by atoms with Crippen LogP contribution in [0.15, 0.2) is 24.3 Å². The van der Waals surface area contributed by atoms with E-state index < -0.39 is 0 Å². The van der Waals surface area contributed by atoms with Crippen molar-refractivity contribution in [1.82, 2.24) is 5.32 Å². The normalized spacial score (nSPS) is 38.7. The summed E-state index contributed by atoms with van der Waals surface area (Å²) in [4.78, 5) is 27.0. The molecule has 144 valence electrons. The van der Waals surface area contributed by atoms with Crippen LogP contribution in [0.25, 0.3) is 0 Å². The molecule has 27 heavy (non-hydrogen) atoms. The SMILES string of the molecule is Cc1ccc(N2C(=O)CC(NC(C)C34CC5CC(CC(C5)C3)C4)C2=O)cc1. The monoisotopic (exact) mass is 366 g/mol. The van der Waals surface area contributed by atoms with Crippen LogP contribution in [-0.4, -0.2) is 23.9 Å². The average molecular weight is 367 g/mol. The topological polar surface area (TPSA) is 49.4 Å². The van der Waals surface area contributed by atoms with Crippen molar-refractivity contribution < 1.29 is 9.59 Å². The standard InChI is InChI=1S/C23H30N2O2/c1-14-3-5-19(6-4-14)25-21(26)10-20(22(25)27)24-15(2)23-11-16-7-17(12-23)9-18(8-16)13-23/h3-6,15-18,20,24H,7-13H2,1-2H3. The van der Waals surface area contributed by atoms with E-state index in [0.29, 0.717) is 17.1 Å². The summed E-state index contributed by atoms with van der Waals surface area (Å²) in [7, 11) is 0. The predicted octanol–water partition coefficient (Wildman–Crippen LogP) is 3.82. The fourth-order valence-electron chi connectivity index (χ4n) is 6.91. The van der Waals surface area contributed by atoms with Gasteiger partial charge in [0, 0.05) is 6.04 Å². The lowest BCUT2D eigenvalue weighted by Crippen LogP contribution is -2.57. The van der Waals surface area contributed by atoms with Gasteiger partial charge >= 0.3 is 0 Å². The van der Waals surface area contributed by atoms with Crippen LogP contribution in [0.1, 0.15) is 57.4 Å². The Kier molecular flexibility index (Phi) is 3.98. The first-order chi connectivity index (χ1) is 12.9. The fourth-order valence-corrected chi connectivity index (χ4v) is 6.91. The molecule has 2 amide bonds. The van der Waals surface area contributed by atoms with E-state index in [2.05, 4.69) is 12.2 Å². The van der Waals surface area contributed by atoms with E-state index in [-0.39, 0.29) is 24.3 Å². The van der Waals surface area contributed by atoms with Gasteiger partial charge in [-0.15, -0.1) is 0 Å². The minimum atomic E-state index is -0.373. The summed E-state index contributed by atoms with van der Waals surface area (Å²) in [6.07, 6.45) is 8.48. The molecule has 0 radical (unpaired) electrons. The molecule has 4 nitrogen and oxygen atoms in total. The van der Waals surface area contributed by atoms with E-state index >= 15 is 0 Å². The molecule has 0 aromatic heterocycles. The molecule has 1 aliphatic heterocycles. The lowest BCUT2D eigenvalue weighted by atomic mass is 9.48. The van der Waals surface area contributed by atoms with Crippen LogP contribution in [0.4, 0.5) is 5.69 Å². The quantitative estimate of drug-likeness (QED) is 0.824.